The molecule has 0 amide bonds. The van der Waals surface area contributed by atoms with E-state index in [1.165, 1.54) is 0 Å². The lowest BCUT2D eigenvalue weighted by molar-refractivity contribution is 0.445. The van der Waals surface area contributed by atoms with Crippen LogP contribution in [-0.2, 0) is 9.84 Å². The van der Waals surface area contributed by atoms with Gasteiger partial charge in [0.15, 0.2) is 9.84 Å². The van der Waals surface area contributed by atoms with Crippen LogP contribution in [0.3, 0.4) is 0 Å². The van der Waals surface area contributed by atoms with Gasteiger partial charge >= 0.3 is 0 Å². The molecule has 1 aromatic rings. The molecule has 0 aliphatic rings. The average Bonchev–Trinajstić information content (AvgIpc) is 2.39. The Morgan fingerprint density at radius 1 is 1.14 bits per heavy atom. The molecule has 0 bridgehead atoms. The average molecular weight is 311 g/mol. The maximum Gasteiger partial charge on any atom is 0.183 e. The van der Waals surface area contributed by atoms with Crippen molar-refractivity contribution in [3.8, 4) is 0 Å². The molecule has 0 fully saturated rings. The molecule has 120 valence electrons. The Kier molecular flexibility index (Phi) is 6.88. The third-order valence-corrected chi connectivity index (χ3v) is 6.48. The number of nitrogens with one attached hydrogen (secondary N) is 1. The van der Waals surface area contributed by atoms with E-state index in [-0.39, 0.29) is 11.3 Å². The van der Waals surface area contributed by atoms with Crippen LogP contribution in [0.15, 0.2) is 23.1 Å². The zero-order valence-corrected chi connectivity index (χ0v) is 14.8. The summed E-state index contributed by atoms with van der Waals surface area (Å²) in [5.41, 5.74) is 1.94. The van der Waals surface area contributed by atoms with Gasteiger partial charge in [0, 0.05) is 6.04 Å². The van der Waals surface area contributed by atoms with Crippen LogP contribution >= 0.6 is 0 Å². The Balaban J connectivity index is 3.22. The Labute approximate surface area is 130 Å². The highest BCUT2D eigenvalue weighted by atomic mass is 32.2. The molecule has 4 heteroatoms. The second kappa shape index (κ2) is 7.95. The molecular weight excluding hydrogens is 282 g/mol. The quantitative estimate of drug-likeness (QED) is 0.797. The van der Waals surface area contributed by atoms with Crippen LogP contribution in [0.4, 0.5) is 0 Å². The van der Waals surface area contributed by atoms with Gasteiger partial charge in [-0.15, -0.1) is 0 Å². The summed E-state index contributed by atoms with van der Waals surface area (Å²) in [7, 11) is -3.30. The molecule has 0 aromatic heterocycles. The topological polar surface area (TPSA) is 46.2 Å². The van der Waals surface area contributed by atoms with Gasteiger partial charge in [0.05, 0.1) is 10.1 Å². The summed E-state index contributed by atoms with van der Waals surface area (Å²) in [4.78, 5) is 0.485. The maximum absolute atomic E-state index is 13.0. The summed E-state index contributed by atoms with van der Waals surface area (Å²) in [6, 6.07) is 5.62. The Bertz CT molecular complexity index is 546. The van der Waals surface area contributed by atoms with Crippen molar-refractivity contribution in [2.24, 2.45) is 0 Å². The number of aryl methyl sites for hydroxylation is 2. The summed E-state index contributed by atoms with van der Waals surface area (Å²) in [6.07, 6.45) is 2.50. The first-order chi connectivity index (χ1) is 9.88. The van der Waals surface area contributed by atoms with E-state index < -0.39 is 9.84 Å². The minimum absolute atomic E-state index is 0.0238. The van der Waals surface area contributed by atoms with E-state index in [1.807, 2.05) is 39.8 Å². The minimum Gasteiger partial charge on any atom is -0.313 e. The molecule has 1 aromatic carbocycles. The highest BCUT2D eigenvalue weighted by Gasteiger charge is 2.33. The highest BCUT2D eigenvalue weighted by Crippen LogP contribution is 2.26. The fourth-order valence-corrected chi connectivity index (χ4v) is 5.19. The molecule has 21 heavy (non-hydrogen) atoms. The normalized spacial score (nSPS) is 14.9. The molecule has 0 saturated carbocycles. The van der Waals surface area contributed by atoms with Gasteiger partial charge in [0.2, 0.25) is 0 Å². The van der Waals surface area contributed by atoms with Crippen LogP contribution in [-0.4, -0.2) is 26.3 Å². The number of sulfone groups is 1. The van der Waals surface area contributed by atoms with Gasteiger partial charge in [0.25, 0.3) is 0 Å². The Morgan fingerprint density at radius 3 is 2.29 bits per heavy atom. The zero-order chi connectivity index (χ0) is 16.0. The van der Waals surface area contributed by atoms with E-state index in [0.717, 1.165) is 30.5 Å². The SMILES string of the molecule is CCCC(NCC)C(CC)S(=O)(=O)c1ccc(C)cc1C. The van der Waals surface area contributed by atoms with Crippen LogP contribution in [0.5, 0.6) is 0 Å². The van der Waals surface area contributed by atoms with Crippen molar-refractivity contribution < 1.29 is 8.42 Å². The fourth-order valence-electron chi connectivity index (χ4n) is 2.99. The molecule has 0 spiro atoms. The van der Waals surface area contributed by atoms with E-state index >= 15 is 0 Å². The monoisotopic (exact) mass is 311 g/mol. The third-order valence-electron chi connectivity index (χ3n) is 3.95. The molecule has 0 aliphatic carbocycles. The lowest BCUT2D eigenvalue weighted by Crippen LogP contribution is -2.44. The first-order valence-corrected chi connectivity index (χ1v) is 9.47. The molecule has 0 aliphatic heterocycles. The number of hydrogen-bond donors (Lipinski definition) is 1. The van der Waals surface area contributed by atoms with E-state index in [9.17, 15) is 8.42 Å². The lowest BCUT2D eigenvalue weighted by atomic mass is 10.1. The first kappa shape index (κ1) is 18.2. The second-order valence-corrected chi connectivity index (χ2v) is 7.85. The highest BCUT2D eigenvalue weighted by molar-refractivity contribution is 7.92. The van der Waals surface area contributed by atoms with Crippen molar-refractivity contribution in [1.82, 2.24) is 5.32 Å². The number of hydrogen-bond acceptors (Lipinski definition) is 3. The summed E-state index contributed by atoms with van der Waals surface area (Å²) in [5.74, 6) is 0. The Morgan fingerprint density at radius 2 is 1.81 bits per heavy atom. The van der Waals surface area contributed by atoms with Crippen LogP contribution in [0.25, 0.3) is 0 Å². The van der Waals surface area contributed by atoms with Crippen molar-refractivity contribution in [2.75, 3.05) is 6.54 Å². The van der Waals surface area contributed by atoms with E-state index in [1.54, 1.807) is 6.07 Å². The van der Waals surface area contributed by atoms with Gasteiger partial charge in [-0.3, -0.25) is 0 Å². The van der Waals surface area contributed by atoms with Crippen LogP contribution in [0.1, 0.15) is 51.2 Å². The zero-order valence-electron chi connectivity index (χ0n) is 13.9. The van der Waals surface area contributed by atoms with Gasteiger partial charge in [-0.25, -0.2) is 8.42 Å². The first-order valence-electron chi connectivity index (χ1n) is 7.92. The molecule has 1 N–H and O–H groups in total. The minimum atomic E-state index is -3.30. The predicted molar refractivity (Wildman–Crippen MR) is 89.6 cm³/mol. The number of rotatable bonds is 8. The van der Waals surface area contributed by atoms with Crippen molar-refractivity contribution >= 4 is 9.84 Å². The van der Waals surface area contributed by atoms with Crippen LogP contribution in [0.2, 0.25) is 0 Å². The van der Waals surface area contributed by atoms with E-state index in [4.69, 9.17) is 0 Å². The van der Waals surface area contributed by atoms with Gasteiger partial charge in [0.1, 0.15) is 0 Å². The fraction of sp³-hybridized carbons (Fsp3) is 0.647. The molecule has 0 heterocycles. The third kappa shape index (κ3) is 4.30. The van der Waals surface area contributed by atoms with Crippen molar-refractivity contribution in [2.45, 2.75) is 70.1 Å². The molecule has 2 atom stereocenters. The largest absolute Gasteiger partial charge is 0.313 e. The summed E-state index contributed by atoms with van der Waals surface area (Å²) < 4.78 is 26.1. The molecular formula is C17H29NO2S. The van der Waals surface area contributed by atoms with Gasteiger partial charge in [-0.1, -0.05) is 44.9 Å². The molecule has 0 radical (unpaired) electrons. The van der Waals surface area contributed by atoms with Crippen molar-refractivity contribution in [1.29, 1.82) is 0 Å². The van der Waals surface area contributed by atoms with Gasteiger partial charge in [-0.2, -0.15) is 0 Å². The van der Waals surface area contributed by atoms with Crippen LogP contribution < -0.4 is 5.32 Å². The maximum atomic E-state index is 13.0. The van der Waals surface area contributed by atoms with Crippen molar-refractivity contribution in [3.05, 3.63) is 29.3 Å². The molecule has 3 nitrogen and oxygen atoms in total. The van der Waals surface area contributed by atoms with Crippen LogP contribution in [0, 0.1) is 13.8 Å². The van der Waals surface area contributed by atoms with Gasteiger partial charge < -0.3 is 5.32 Å². The Hall–Kier alpha value is -0.870. The van der Waals surface area contributed by atoms with E-state index in [2.05, 4.69) is 12.2 Å². The molecule has 1 rings (SSSR count). The molecule has 0 saturated heterocycles. The lowest BCUT2D eigenvalue weighted by Gasteiger charge is -2.27. The van der Waals surface area contributed by atoms with Crippen molar-refractivity contribution in [3.63, 3.8) is 0 Å². The van der Waals surface area contributed by atoms with E-state index in [0.29, 0.717) is 11.3 Å². The summed E-state index contributed by atoms with van der Waals surface area (Å²) in [5, 5.41) is 3.00. The predicted octanol–water partition coefficient (Wildman–Crippen LogP) is 3.63. The summed E-state index contributed by atoms with van der Waals surface area (Å²) in [6.45, 7) is 10.8. The van der Waals surface area contributed by atoms with Gasteiger partial charge in [-0.05, 0) is 44.9 Å². The molecule has 2 unspecified atom stereocenters. The smallest absolute Gasteiger partial charge is 0.183 e. The summed E-state index contributed by atoms with van der Waals surface area (Å²) >= 11 is 0. The standard InChI is InChI=1S/C17H29NO2S/c1-6-9-15(18-8-3)16(7-2)21(19,20)17-11-10-13(4)12-14(17)5/h10-12,15-16,18H,6-9H2,1-5H3. The second-order valence-electron chi connectivity index (χ2n) is 5.71. The number of benzene rings is 1.